The molecule has 0 aliphatic heterocycles. The quantitative estimate of drug-likeness (QED) is 0.580. The number of aryl methyl sites for hydroxylation is 3. The minimum absolute atomic E-state index is 0.193. The van der Waals surface area contributed by atoms with E-state index in [4.69, 9.17) is 0 Å². The summed E-state index contributed by atoms with van der Waals surface area (Å²) in [7, 11) is 1.84. The fourth-order valence-corrected chi connectivity index (χ4v) is 3.79. The molecule has 0 radical (unpaired) electrons. The fraction of sp³-hybridized carbons (Fsp3) is 0.150. The summed E-state index contributed by atoms with van der Waals surface area (Å²) >= 11 is 1.57. The van der Waals surface area contributed by atoms with Crippen molar-refractivity contribution in [3.63, 3.8) is 0 Å². The van der Waals surface area contributed by atoms with Gasteiger partial charge in [-0.05, 0) is 38.1 Å². The smallest absolute Gasteiger partial charge is 0.261 e. The molecule has 0 saturated carbocycles. The number of anilines is 1. The van der Waals surface area contributed by atoms with Gasteiger partial charge in [0, 0.05) is 41.3 Å². The maximum atomic E-state index is 13.0. The van der Waals surface area contributed by atoms with Crippen LogP contribution in [0.3, 0.4) is 0 Å². The molecule has 0 aliphatic carbocycles. The molecule has 3 aromatic heterocycles. The first-order chi connectivity index (χ1) is 13.0. The van der Waals surface area contributed by atoms with E-state index in [1.54, 1.807) is 28.4 Å². The van der Waals surface area contributed by atoms with Gasteiger partial charge in [0.2, 0.25) is 0 Å². The monoisotopic (exact) mass is 377 g/mol. The average Bonchev–Trinajstić information content (AvgIpc) is 3.37. The van der Waals surface area contributed by atoms with Crippen LogP contribution in [0, 0.1) is 13.8 Å². The maximum Gasteiger partial charge on any atom is 0.261 e. The zero-order valence-electron chi connectivity index (χ0n) is 15.3. The van der Waals surface area contributed by atoms with Crippen molar-refractivity contribution in [2.45, 2.75) is 13.8 Å². The molecule has 7 heteroatoms. The second-order valence-corrected chi connectivity index (χ2v) is 7.22. The van der Waals surface area contributed by atoms with Crippen molar-refractivity contribution in [1.29, 1.82) is 0 Å². The molecule has 27 heavy (non-hydrogen) atoms. The Labute approximate surface area is 161 Å². The third-order valence-electron chi connectivity index (χ3n) is 4.43. The largest absolute Gasteiger partial charge is 0.322 e. The van der Waals surface area contributed by atoms with Gasteiger partial charge in [-0.3, -0.25) is 9.48 Å². The van der Waals surface area contributed by atoms with Gasteiger partial charge >= 0.3 is 0 Å². The molecule has 0 aliphatic rings. The Bertz CT molecular complexity index is 1090. The van der Waals surface area contributed by atoms with Crippen LogP contribution < -0.4 is 5.32 Å². The number of hydrogen-bond acceptors (Lipinski definition) is 4. The van der Waals surface area contributed by atoms with Crippen LogP contribution in [-0.4, -0.2) is 25.2 Å². The Morgan fingerprint density at radius 3 is 2.63 bits per heavy atom. The lowest BCUT2D eigenvalue weighted by atomic mass is 10.2. The van der Waals surface area contributed by atoms with Gasteiger partial charge in [0.15, 0.2) is 0 Å². The van der Waals surface area contributed by atoms with E-state index >= 15 is 0 Å². The van der Waals surface area contributed by atoms with Gasteiger partial charge in [0.1, 0.15) is 16.4 Å². The minimum atomic E-state index is -0.193. The SMILES string of the molecule is Cc1ccc(C)n1-c1c(C(=O)Nc2cccc(-c3nccs3)c2)cnn1C. The molecule has 1 amide bonds. The van der Waals surface area contributed by atoms with Crippen LogP contribution in [0.4, 0.5) is 5.69 Å². The summed E-state index contributed by atoms with van der Waals surface area (Å²) < 4.78 is 3.76. The maximum absolute atomic E-state index is 13.0. The number of amides is 1. The van der Waals surface area contributed by atoms with Crippen molar-refractivity contribution < 1.29 is 4.79 Å². The van der Waals surface area contributed by atoms with Crippen LogP contribution >= 0.6 is 11.3 Å². The number of hydrogen-bond donors (Lipinski definition) is 1. The van der Waals surface area contributed by atoms with E-state index < -0.39 is 0 Å². The standard InChI is InChI=1S/C20H19N5OS/c1-13-7-8-14(2)25(13)20-17(12-22-24(20)3)18(26)23-16-6-4-5-15(11-16)19-21-9-10-27-19/h4-12H,1-3H3,(H,23,26). The zero-order valence-corrected chi connectivity index (χ0v) is 16.1. The lowest BCUT2D eigenvalue weighted by molar-refractivity contribution is 0.102. The summed E-state index contributed by atoms with van der Waals surface area (Å²) in [4.78, 5) is 17.3. The van der Waals surface area contributed by atoms with E-state index in [-0.39, 0.29) is 5.91 Å². The zero-order chi connectivity index (χ0) is 19.0. The van der Waals surface area contributed by atoms with Crippen LogP contribution in [0.5, 0.6) is 0 Å². The predicted molar refractivity (Wildman–Crippen MR) is 108 cm³/mol. The highest BCUT2D eigenvalue weighted by atomic mass is 32.1. The van der Waals surface area contributed by atoms with E-state index in [9.17, 15) is 4.79 Å². The van der Waals surface area contributed by atoms with E-state index in [0.29, 0.717) is 5.56 Å². The molecule has 4 aromatic rings. The summed E-state index contributed by atoms with van der Waals surface area (Å²) in [5.41, 5.74) is 4.33. The number of aromatic nitrogens is 4. The highest BCUT2D eigenvalue weighted by molar-refractivity contribution is 7.13. The van der Waals surface area contributed by atoms with Crippen LogP contribution in [0.25, 0.3) is 16.4 Å². The third-order valence-corrected chi connectivity index (χ3v) is 5.26. The third kappa shape index (κ3) is 3.17. The Balaban J connectivity index is 1.67. The van der Waals surface area contributed by atoms with E-state index in [1.807, 2.05) is 67.2 Å². The Hall–Kier alpha value is -3.19. The first-order valence-electron chi connectivity index (χ1n) is 8.53. The van der Waals surface area contributed by atoms with Crippen LogP contribution in [0.2, 0.25) is 0 Å². The number of nitrogens with one attached hydrogen (secondary N) is 1. The summed E-state index contributed by atoms with van der Waals surface area (Å²) in [6.45, 7) is 4.03. The van der Waals surface area contributed by atoms with E-state index in [2.05, 4.69) is 15.4 Å². The fourth-order valence-electron chi connectivity index (χ4n) is 3.15. The molecule has 1 N–H and O–H groups in total. The highest BCUT2D eigenvalue weighted by Gasteiger charge is 2.20. The predicted octanol–water partition coefficient (Wildman–Crippen LogP) is 4.20. The van der Waals surface area contributed by atoms with Crippen molar-refractivity contribution in [1.82, 2.24) is 19.3 Å². The Morgan fingerprint density at radius 1 is 1.15 bits per heavy atom. The molecule has 0 saturated heterocycles. The van der Waals surface area contributed by atoms with Crippen molar-refractivity contribution in [2.75, 3.05) is 5.32 Å². The highest BCUT2D eigenvalue weighted by Crippen LogP contribution is 2.25. The number of carbonyl (C=O) groups is 1. The summed E-state index contributed by atoms with van der Waals surface area (Å²) in [6, 6.07) is 11.8. The van der Waals surface area contributed by atoms with Crippen molar-refractivity contribution in [3.05, 3.63) is 71.1 Å². The molecule has 0 bridgehead atoms. The second kappa shape index (κ2) is 6.85. The molecule has 3 heterocycles. The molecular weight excluding hydrogens is 358 g/mol. The Morgan fingerprint density at radius 2 is 1.93 bits per heavy atom. The lowest BCUT2D eigenvalue weighted by Crippen LogP contribution is -2.16. The number of benzene rings is 1. The van der Waals surface area contributed by atoms with Gasteiger partial charge in [-0.25, -0.2) is 4.98 Å². The van der Waals surface area contributed by atoms with Gasteiger partial charge in [-0.2, -0.15) is 5.10 Å². The number of rotatable bonds is 4. The van der Waals surface area contributed by atoms with Gasteiger partial charge in [0.05, 0.1) is 6.20 Å². The summed E-state index contributed by atoms with van der Waals surface area (Å²) in [5, 5.41) is 10.1. The molecule has 4 rings (SSSR count). The van der Waals surface area contributed by atoms with Gasteiger partial charge < -0.3 is 9.88 Å². The molecule has 1 aromatic carbocycles. The first kappa shape index (κ1) is 17.2. The van der Waals surface area contributed by atoms with Crippen LogP contribution in [0.1, 0.15) is 21.7 Å². The van der Waals surface area contributed by atoms with Gasteiger partial charge in [0.25, 0.3) is 5.91 Å². The molecular formula is C20H19N5OS. The summed E-state index contributed by atoms with van der Waals surface area (Å²) in [6.07, 6.45) is 3.38. The van der Waals surface area contributed by atoms with Crippen molar-refractivity contribution in [2.24, 2.45) is 7.05 Å². The normalized spacial score (nSPS) is 10.9. The van der Waals surface area contributed by atoms with Crippen LogP contribution in [-0.2, 0) is 7.05 Å². The topological polar surface area (TPSA) is 64.7 Å². The number of thiazole rings is 1. The van der Waals surface area contributed by atoms with Gasteiger partial charge in [-0.15, -0.1) is 11.3 Å². The minimum Gasteiger partial charge on any atom is -0.322 e. The Kier molecular flexibility index (Phi) is 4.37. The molecule has 0 atom stereocenters. The average molecular weight is 377 g/mol. The summed E-state index contributed by atoms with van der Waals surface area (Å²) in [5.74, 6) is 0.561. The molecule has 0 fully saturated rings. The number of nitrogens with zero attached hydrogens (tertiary/aromatic N) is 4. The molecule has 136 valence electrons. The molecule has 0 spiro atoms. The van der Waals surface area contributed by atoms with E-state index in [1.165, 1.54) is 0 Å². The lowest BCUT2D eigenvalue weighted by Gasteiger charge is -2.13. The molecule has 6 nitrogen and oxygen atoms in total. The first-order valence-corrected chi connectivity index (χ1v) is 9.41. The number of carbonyl (C=O) groups excluding carboxylic acids is 1. The van der Waals surface area contributed by atoms with Crippen LogP contribution in [0.15, 0.2) is 54.2 Å². The molecule has 0 unspecified atom stereocenters. The van der Waals surface area contributed by atoms with Crippen molar-refractivity contribution in [3.8, 4) is 16.4 Å². The van der Waals surface area contributed by atoms with Crippen molar-refractivity contribution >= 4 is 22.9 Å². The van der Waals surface area contributed by atoms with E-state index in [0.717, 1.165) is 33.5 Å². The second-order valence-electron chi connectivity index (χ2n) is 6.33. The van der Waals surface area contributed by atoms with Gasteiger partial charge in [-0.1, -0.05) is 12.1 Å².